The first-order valence-corrected chi connectivity index (χ1v) is 4.51. The summed E-state index contributed by atoms with van der Waals surface area (Å²) in [6.45, 7) is 0.860. The number of hydrogen-bond donors (Lipinski definition) is 3. The maximum absolute atomic E-state index is 11.4. The van der Waals surface area contributed by atoms with E-state index in [4.69, 9.17) is 16.6 Å². The van der Waals surface area contributed by atoms with Gasteiger partial charge in [-0.2, -0.15) is 0 Å². The number of carbonyl (C=O) groups excluding carboxylic acids is 1. The summed E-state index contributed by atoms with van der Waals surface area (Å²) in [5.41, 5.74) is 11.3. The molecule has 6 nitrogen and oxygen atoms in total. The van der Waals surface area contributed by atoms with Gasteiger partial charge in [-0.15, -0.1) is 0 Å². The van der Waals surface area contributed by atoms with Crippen molar-refractivity contribution in [2.45, 2.75) is 24.9 Å². The molecule has 0 saturated carbocycles. The lowest BCUT2D eigenvalue weighted by Crippen LogP contribution is -2.39. The highest BCUT2D eigenvalue weighted by molar-refractivity contribution is 5.81. The number of rotatable bonds is 3. The van der Waals surface area contributed by atoms with Crippen molar-refractivity contribution < 1.29 is 14.7 Å². The van der Waals surface area contributed by atoms with Crippen molar-refractivity contribution >= 4 is 11.9 Å². The lowest BCUT2D eigenvalue weighted by Gasteiger charge is -2.14. The Morgan fingerprint density at radius 2 is 1.71 bits per heavy atom. The Hall–Kier alpha value is -1.14. The number of likely N-dealkylation sites (tertiary alicyclic amines) is 1. The maximum atomic E-state index is 11.4. The van der Waals surface area contributed by atoms with Crippen LogP contribution in [0.25, 0.3) is 0 Å². The molecule has 0 bridgehead atoms. The standard InChI is InChI=1S/C8H15N3O3/c9-5-3-11(4-6(5)10)7(12)1-2-8(13)14/h5-6H,1-4,9-10H2,(H,13,14). The number of hydrogen-bond acceptors (Lipinski definition) is 4. The zero-order chi connectivity index (χ0) is 10.7. The van der Waals surface area contributed by atoms with E-state index < -0.39 is 5.97 Å². The highest BCUT2D eigenvalue weighted by Crippen LogP contribution is 2.08. The molecule has 0 aromatic rings. The number of aliphatic carboxylic acids is 1. The third-order valence-electron chi connectivity index (χ3n) is 2.32. The Labute approximate surface area is 81.8 Å². The van der Waals surface area contributed by atoms with Crippen LogP contribution in [0.15, 0.2) is 0 Å². The van der Waals surface area contributed by atoms with Gasteiger partial charge in [-0.3, -0.25) is 9.59 Å². The van der Waals surface area contributed by atoms with Gasteiger partial charge >= 0.3 is 5.97 Å². The fourth-order valence-corrected chi connectivity index (χ4v) is 1.43. The molecule has 2 atom stereocenters. The zero-order valence-electron chi connectivity index (χ0n) is 7.85. The fraction of sp³-hybridized carbons (Fsp3) is 0.750. The van der Waals surface area contributed by atoms with E-state index in [0.717, 1.165) is 0 Å². The van der Waals surface area contributed by atoms with Crippen molar-refractivity contribution in [3.05, 3.63) is 0 Å². The molecule has 0 aromatic heterocycles. The average molecular weight is 201 g/mol. The van der Waals surface area contributed by atoms with E-state index >= 15 is 0 Å². The van der Waals surface area contributed by atoms with Gasteiger partial charge in [-0.05, 0) is 0 Å². The van der Waals surface area contributed by atoms with Gasteiger partial charge in [0.2, 0.25) is 5.91 Å². The molecular formula is C8H15N3O3. The first-order chi connectivity index (χ1) is 6.50. The largest absolute Gasteiger partial charge is 0.481 e. The predicted octanol–water partition coefficient (Wildman–Crippen LogP) is -1.65. The minimum absolute atomic E-state index is 0.0226. The van der Waals surface area contributed by atoms with Crippen LogP contribution in [0.2, 0.25) is 0 Å². The second-order valence-electron chi connectivity index (χ2n) is 3.52. The molecule has 1 saturated heterocycles. The Bertz CT molecular complexity index is 234. The summed E-state index contributed by atoms with van der Waals surface area (Å²) in [5.74, 6) is -1.15. The van der Waals surface area contributed by atoms with Crippen molar-refractivity contribution in [3.63, 3.8) is 0 Å². The summed E-state index contributed by atoms with van der Waals surface area (Å²) < 4.78 is 0. The molecule has 80 valence electrons. The predicted molar refractivity (Wildman–Crippen MR) is 49.4 cm³/mol. The highest BCUT2D eigenvalue weighted by atomic mass is 16.4. The molecule has 14 heavy (non-hydrogen) atoms. The number of nitrogens with two attached hydrogens (primary N) is 2. The molecule has 1 amide bonds. The molecule has 6 heteroatoms. The van der Waals surface area contributed by atoms with Crippen LogP contribution >= 0.6 is 0 Å². The van der Waals surface area contributed by atoms with Crippen LogP contribution in [-0.4, -0.2) is 47.1 Å². The highest BCUT2D eigenvalue weighted by Gasteiger charge is 2.29. The molecule has 1 rings (SSSR count). The van der Waals surface area contributed by atoms with Gasteiger partial charge in [-0.1, -0.05) is 0 Å². The first-order valence-electron chi connectivity index (χ1n) is 4.51. The van der Waals surface area contributed by atoms with Crippen LogP contribution in [0.5, 0.6) is 0 Å². The van der Waals surface area contributed by atoms with Gasteiger partial charge in [0, 0.05) is 31.6 Å². The van der Waals surface area contributed by atoms with E-state index in [0.29, 0.717) is 13.1 Å². The molecule has 2 unspecified atom stereocenters. The summed E-state index contributed by atoms with van der Waals surface area (Å²) >= 11 is 0. The van der Waals surface area contributed by atoms with Crippen molar-refractivity contribution in [3.8, 4) is 0 Å². The minimum Gasteiger partial charge on any atom is -0.481 e. The van der Waals surface area contributed by atoms with Crippen LogP contribution in [0.1, 0.15) is 12.8 Å². The number of carbonyl (C=O) groups is 2. The summed E-state index contributed by atoms with van der Waals surface area (Å²) in [6.07, 6.45) is -0.116. The van der Waals surface area contributed by atoms with E-state index in [1.54, 1.807) is 0 Å². The van der Waals surface area contributed by atoms with Gasteiger partial charge in [0.25, 0.3) is 0 Å². The molecule has 0 spiro atoms. The molecular weight excluding hydrogens is 186 g/mol. The Balaban J connectivity index is 2.36. The van der Waals surface area contributed by atoms with Crippen molar-refractivity contribution in [2.24, 2.45) is 11.5 Å². The number of amides is 1. The Morgan fingerprint density at radius 3 is 2.14 bits per heavy atom. The lowest BCUT2D eigenvalue weighted by molar-refractivity contribution is -0.140. The third kappa shape index (κ3) is 2.68. The molecule has 5 N–H and O–H groups in total. The van der Waals surface area contributed by atoms with Gasteiger partial charge in [0.15, 0.2) is 0 Å². The number of carboxylic acids is 1. The maximum Gasteiger partial charge on any atom is 0.303 e. The van der Waals surface area contributed by atoms with E-state index in [1.165, 1.54) is 4.90 Å². The zero-order valence-corrected chi connectivity index (χ0v) is 7.85. The average Bonchev–Trinajstić information content (AvgIpc) is 2.43. The summed E-state index contributed by atoms with van der Waals surface area (Å²) in [7, 11) is 0. The van der Waals surface area contributed by atoms with Gasteiger partial charge in [0.1, 0.15) is 0 Å². The SMILES string of the molecule is NC1CN(C(=O)CCC(=O)O)CC1N. The van der Waals surface area contributed by atoms with Crippen LogP contribution in [0.4, 0.5) is 0 Å². The van der Waals surface area contributed by atoms with Crippen molar-refractivity contribution in [2.75, 3.05) is 13.1 Å². The number of nitrogens with zero attached hydrogens (tertiary/aromatic N) is 1. The first kappa shape index (κ1) is 10.9. The fourth-order valence-electron chi connectivity index (χ4n) is 1.43. The normalized spacial score (nSPS) is 26.6. The smallest absolute Gasteiger partial charge is 0.303 e. The second-order valence-corrected chi connectivity index (χ2v) is 3.52. The van der Waals surface area contributed by atoms with Gasteiger partial charge < -0.3 is 21.5 Å². The third-order valence-corrected chi connectivity index (χ3v) is 2.32. The van der Waals surface area contributed by atoms with Crippen molar-refractivity contribution in [1.82, 2.24) is 4.90 Å². The van der Waals surface area contributed by atoms with E-state index in [1.807, 2.05) is 0 Å². The van der Waals surface area contributed by atoms with Crippen molar-refractivity contribution in [1.29, 1.82) is 0 Å². The van der Waals surface area contributed by atoms with E-state index in [-0.39, 0.29) is 30.8 Å². The van der Waals surface area contributed by atoms with Crippen LogP contribution < -0.4 is 11.5 Å². The van der Waals surface area contributed by atoms with Crippen LogP contribution in [0.3, 0.4) is 0 Å². The second kappa shape index (κ2) is 4.39. The molecule has 0 aromatic carbocycles. The summed E-state index contributed by atoms with van der Waals surface area (Å²) in [5, 5.41) is 8.39. The van der Waals surface area contributed by atoms with Crippen LogP contribution in [0, 0.1) is 0 Å². The minimum atomic E-state index is -0.967. The summed E-state index contributed by atoms with van der Waals surface area (Å²) in [4.78, 5) is 23.1. The number of carboxylic acid groups (broad SMARTS) is 1. The van der Waals surface area contributed by atoms with Gasteiger partial charge in [0.05, 0.1) is 6.42 Å². The summed E-state index contributed by atoms with van der Waals surface area (Å²) in [6, 6.07) is -0.382. The van der Waals surface area contributed by atoms with E-state index in [2.05, 4.69) is 0 Å². The Morgan fingerprint density at radius 1 is 1.21 bits per heavy atom. The molecule has 0 aliphatic carbocycles. The molecule has 1 aliphatic heterocycles. The quantitative estimate of drug-likeness (QED) is 0.506. The lowest BCUT2D eigenvalue weighted by atomic mass is 10.2. The molecule has 1 fully saturated rings. The Kier molecular flexibility index (Phi) is 3.43. The molecule has 1 heterocycles. The monoisotopic (exact) mass is 201 g/mol. The van der Waals surface area contributed by atoms with Crippen LogP contribution in [-0.2, 0) is 9.59 Å². The topological polar surface area (TPSA) is 110 Å². The molecule has 1 aliphatic rings. The molecule has 0 radical (unpaired) electrons. The van der Waals surface area contributed by atoms with E-state index in [9.17, 15) is 9.59 Å². The van der Waals surface area contributed by atoms with Gasteiger partial charge in [-0.25, -0.2) is 0 Å².